The summed E-state index contributed by atoms with van der Waals surface area (Å²) in [6, 6.07) is 19.3. The maximum Gasteiger partial charge on any atom is 0.264 e. The third-order valence-corrected chi connectivity index (χ3v) is 6.79. The number of sulfonamides is 1. The smallest absolute Gasteiger partial charge is 0.264 e. The zero-order valence-electron chi connectivity index (χ0n) is 16.9. The molecule has 3 aromatic rings. The minimum absolute atomic E-state index is 0.0325. The molecule has 1 N–H and O–H groups in total. The normalized spacial score (nSPS) is 11.3. The van der Waals surface area contributed by atoms with Gasteiger partial charge in [-0.1, -0.05) is 59.6 Å². The summed E-state index contributed by atoms with van der Waals surface area (Å²) in [7, 11) is -2.65. The van der Waals surface area contributed by atoms with Gasteiger partial charge in [0.25, 0.3) is 15.9 Å². The average molecular weight is 492 g/mol. The molecule has 0 unspecified atom stereocenters. The van der Waals surface area contributed by atoms with E-state index in [1.54, 1.807) is 60.7 Å². The standard InChI is InChI=1S/C22H19Cl2N3O4S/c1-31-21-13-6-5-12-20(21)27(32(29,30)16-8-3-2-4-9-16)15-22(28)26-25-14-17-18(23)10-7-11-19(17)24/h2-14H,15H2,1H3,(H,26,28)/b25-14-. The number of methoxy groups -OCH3 is 1. The predicted octanol–water partition coefficient (Wildman–Crippen LogP) is 4.35. The number of nitrogens with zero attached hydrogens (tertiary/aromatic N) is 2. The van der Waals surface area contributed by atoms with Gasteiger partial charge in [-0.3, -0.25) is 9.10 Å². The van der Waals surface area contributed by atoms with Crippen LogP contribution in [0.15, 0.2) is 82.8 Å². The summed E-state index contributed by atoms with van der Waals surface area (Å²) >= 11 is 12.2. The van der Waals surface area contributed by atoms with Crippen molar-refractivity contribution in [3.63, 3.8) is 0 Å². The Labute approximate surface area is 196 Å². The van der Waals surface area contributed by atoms with Crippen molar-refractivity contribution in [1.82, 2.24) is 5.43 Å². The highest BCUT2D eigenvalue weighted by Gasteiger charge is 2.29. The van der Waals surface area contributed by atoms with Crippen LogP contribution in [-0.2, 0) is 14.8 Å². The Hall–Kier alpha value is -3.07. The lowest BCUT2D eigenvalue weighted by Gasteiger charge is -2.25. The maximum atomic E-state index is 13.3. The molecule has 32 heavy (non-hydrogen) atoms. The molecule has 0 heterocycles. The molecule has 0 bridgehead atoms. The molecular formula is C22H19Cl2N3O4S. The van der Waals surface area contributed by atoms with Crippen molar-refractivity contribution < 1.29 is 17.9 Å². The van der Waals surface area contributed by atoms with E-state index < -0.39 is 22.5 Å². The molecule has 0 fully saturated rings. The van der Waals surface area contributed by atoms with Crippen molar-refractivity contribution in [1.29, 1.82) is 0 Å². The first-order valence-corrected chi connectivity index (χ1v) is 11.5. The zero-order chi connectivity index (χ0) is 23.1. The van der Waals surface area contributed by atoms with Crippen molar-refractivity contribution in [3.05, 3.63) is 88.4 Å². The number of hydrogen-bond acceptors (Lipinski definition) is 5. The van der Waals surface area contributed by atoms with Gasteiger partial charge in [-0.2, -0.15) is 5.10 Å². The van der Waals surface area contributed by atoms with Crippen LogP contribution in [-0.4, -0.2) is 34.2 Å². The number of para-hydroxylation sites is 2. The van der Waals surface area contributed by atoms with E-state index in [9.17, 15) is 13.2 Å². The highest BCUT2D eigenvalue weighted by atomic mass is 35.5. The van der Waals surface area contributed by atoms with Gasteiger partial charge in [-0.15, -0.1) is 0 Å². The van der Waals surface area contributed by atoms with E-state index >= 15 is 0 Å². The van der Waals surface area contributed by atoms with Crippen LogP contribution in [0.5, 0.6) is 5.75 Å². The summed E-state index contributed by atoms with van der Waals surface area (Å²) in [5.41, 5.74) is 2.95. The van der Waals surface area contributed by atoms with E-state index in [1.165, 1.54) is 25.5 Å². The van der Waals surface area contributed by atoms with Crippen molar-refractivity contribution in [2.24, 2.45) is 5.10 Å². The second-order valence-electron chi connectivity index (χ2n) is 6.43. The molecule has 0 atom stereocenters. The first-order chi connectivity index (χ1) is 15.3. The Balaban J connectivity index is 1.89. The van der Waals surface area contributed by atoms with Crippen LogP contribution in [0.4, 0.5) is 5.69 Å². The fourth-order valence-corrected chi connectivity index (χ4v) is 4.77. The largest absolute Gasteiger partial charge is 0.495 e. The molecule has 1 amide bonds. The number of nitrogens with one attached hydrogen (secondary N) is 1. The third kappa shape index (κ3) is 5.40. The molecule has 0 aromatic heterocycles. The first kappa shape index (κ1) is 23.6. The molecule has 166 valence electrons. The molecular weight excluding hydrogens is 473 g/mol. The lowest BCUT2D eigenvalue weighted by molar-refractivity contribution is -0.119. The minimum Gasteiger partial charge on any atom is -0.495 e. The molecule has 3 rings (SSSR count). The van der Waals surface area contributed by atoms with Crippen LogP contribution in [0.25, 0.3) is 0 Å². The van der Waals surface area contributed by atoms with Gasteiger partial charge >= 0.3 is 0 Å². The summed E-state index contributed by atoms with van der Waals surface area (Å²) in [6.07, 6.45) is 1.29. The van der Waals surface area contributed by atoms with E-state index in [2.05, 4.69) is 10.5 Å². The molecule has 3 aromatic carbocycles. The lowest BCUT2D eigenvalue weighted by atomic mass is 10.2. The van der Waals surface area contributed by atoms with E-state index in [4.69, 9.17) is 27.9 Å². The van der Waals surface area contributed by atoms with Crippen molar-refractivity contribution in [2.75, 3.05) is 18.0 Å². The number of halogens is 2. The Morgan fingerprint density at radius 1 is 1.00 bits per heavy atom. The molecule has 0 saturated heterocycles. The number of benzene rings is 3. The quantitative estimate of drug-likeness (QED) is 0.374. The van der Waals surface area contributed by atoms with Crippen molar-refractivity contribution in [2.45, 2.75) is 4.90 Å². The van der Waals surface area contributed by atoms with Gasteiger partial charge in [0.1, 0.15) is 12.3 Å². The first-order valence-electron chi connectivity index (χ1n) is 9.31. The number of hydrazone groups is 1. The molecule has 0 spiro atoms. The van der Waals surface area contributed by atoms with Crippen LogP contribution in [0.2, 0.25) is 10.0 Å². The number of anilines is 1. The number of carbonyl (C=O) groups excluding carboxylic acids is 1. The van der Waals surface area contributed by atoms with Gasteiger partial charge in [-0.05, 0) is 36.4 Å². The molecule has 7 nitrogen and oxygen atoms in total. The maximum absolute atomic E-state index is 13.3. The fraction of sp³-hybridized carbons (Fsp3) is 0.0909. The topological polar surface area (TPSA) is 88.1 Å². The molecule has 0 saturated carbocycles. The predicted molar refractivity (Wildman–Crippen MR) is 126 cm³/mol. The monoisotopic (exact) mass is 491 g/mol. The Morgan fingerprint density at radius 3 is 2.28 bits per heavy atom. The lowest BCUT2D eigenvalue weighted by Crippen LogP contribution is -2.39. The number of carbonyl (C=O) groups is 1. The van der Waals surface area contributed by atoms with E-state index in [0.717, 1.165) is 4.31 Å². The zero-order valence-corrected chi connectivity index (χ0v) is 19.2. The molecule has 0 aliphatic heterocycles. The Kier molecular flexibility index (Phi) is 7.74. The van der Waals surface area contributed by atoms with Gasteiger partial charge in [0.05, 0.1) is 34.0 Å². The van der Waals surface area contributed by atoms with Gasteiger partial charge in [0.15, 0.2) is 0 Å². The highest BCUT2D eigenvalue weighted by Crippen LogP contribution is 2.32. The number of amides is 1. The summed E-state index contributed by atoms with van der Waals surface area (Å²) in [5, 5.41) is 4.58. The summed E-state index contributed by atoms with van der Waals surface area (Å²) in [5.74, 6) is -0.374. The van der Waals surface area contributed by atoms with E-state index in [-0.39, 0.29) is 10.6 Å². The van der Waals surface area contributed by atoms with Crippen LogP contribution < -0.4 is 14.5 Å². The van der Waals surface area contributed by atoms with Gasteiger partial charge in [-0.25, -0.2) is 13.8 Å². The molecule has 0 aliphatic carbocycles. The van der Waals surface area contributed by atoms with Crippen molar-refractivity contribution in [3.8, 4) is 5.75 Å². The number of rotatable bonds is 8. The van der Waals surface area contributed by atoms with Crippen LogP contribution in [0.1, 0.15) is 5.56 Å². The van der Waals surface area contributed by atoms with Crippen LogP contribution in [0.3, 0.4) is 0 Å². The van der Waals surface area contributed by atoms with Gasteiger partial charge in [0, 0.05) is 5.56 Å². The van der Waals surface area contributed by atoms with Crippen LogP contribution in [0, 0.1) is 0 Å². The second kappa shape index (κ2) is 10.5. The van der Waals surface area contributed by atoms with E-state index in [1.807, 2.05) is 0 Å². The summed E-state index contributed by atoms with van der Waals surface area (Å²) < 4.78 is 33.0. The third-order valence-electron chi connectivity index (χ3n) is 4.35. The number of ether oxygens (including phenoxy) is 1. The number of hydrogen-bond donors (Lipinski definition) is 1. The Bertz CT molecular complexity index is 1210. The van der Waals surface area contributed by atoms with Gasteiger partial charge in [0.2, 0.25) is 0 Å². The van der Waals surface area contributed by atoms with E-state index in [0.29, 0.717) is 21.4 Å². The van der Waals surface area contributed by atoms with Crippen molar-refractivity contribution >= 4 is 51.0 Å². The fourth-order valence-electron chi connectivity index (χ4n) is 2.82. The molecule has 10 heteroatoms. The Morgan fingerprint density at radius 2 is 1.62 bits per heavy atom. The SMILES string of the molecule is COc1ccccc1N(CC(=O)N/N=C\c1c(Cl)cccc1Cl)S(=O)(=O)c1ccccc1. The molecule has 0 radical (unpaired) electrons. The summed E-state index contributed by atoms with van der Waals surface area (Å²) in [6.45, 7) is -0.537. The average Bonchev–Trinajstić information content (AvgIpc) is 2.80. The molecule has 0 aliphatic rings. The highest BCUT2D eigenvalue weighted by molar-refractivity contribution is 7.92. The summed E-state index contributed by atoms with van der Waals surface area (Å²) in [4.78, 5) is 12.7. The second-order valence-corrected chi connectivity index (χ2v) is 9.10. The van der Waals surface area contributed by atoms with Crippen LogP contribution >= 0.6 is 23.2 Å². The minimum atomic E-state index is -4.07. The van der Waals surface area contributed by atoms with Gasteiger partial charge < -0.3 is 4.74 Å².